The van der Waals surface area contributed by atoms with Crippen molar-refractivity contribution in [3.05, 3.63) is 0 Å². The lowest BCUT2D eigenvalue weighted by molar-refractivity contribution is 0.148. The number of methoxy groups -OCH3 is 1. The maximum absolute atomic E-state index is 9.35. The van der Waals surface area contributed by atoms with E-state index in [2.05, 4.69) is 4.52 Å². The van der Waals surface area contributed by atoms with Crippen LogP contribution >= 0.6 is 6.72 Å². The molecule has 7 heteroatoms. The molecule has 0 aromatic heterocycles. The average molecular weight is 272 g/mol. The van der Waals surface area contributed by atoms with E-state index >= 15 is 0 Å². The van der Waals surface area contributed by atoms with Crippen molar-refractivity contribution in [1.82, 2.24) is 0 Å². The summed E-state index contributed by atoms with van der Waals surface area (Å²) in [4.78, 5) is 9.35. The van der Waals surface area contributed by atoms with Crippen LogP contribution in [0, 0.1) is 5.92 Å². The van der Waals surface area contributed by atoms with Crippen LogP contribution in [0.25, 0.3) is 0 Å². The second-order valence-corrected chi connectivity index (χ2v) is 6.38. The fraction of sp³-hybridized carbons (Fsp3) is 1.00. The zero-order valence-corrected chi connectivity index (χ0v) is 11.5. The molecule has 0 bridgehead atoms. The van der Waals surface area contributed by atoms with Crippen molar-refractivity contribution in [1.29, 1.82) is 0 Å². The van der Waals surface area contributed by atoms with Crippen molar-refractivity contribution in [3.63, 3.8) is 0 Å². The first kappa shape index (κ1) is 16.4. The molecule has 0 saturated carbocycles. The Hall–Kier alpha value is 0.450. The maximum Gasteiger partial charge on any atom is 0.324 e. The molecule has 0 aliphatic carbocycles. The van der Waals surface area contributed by atoms with Crippen molar-refractivity contribution in [2.75, 3.05) is 34.0 Å². The largest absolute Gasteiger partial charge is 0.396 e. The summed E-state index contributed by atoms with van der Waals surface area (Å²) in [6.45, 7) is -1.89. The van der Waals surface area contributed by atoms with Gasteiger partial charge in [-0.25, -0.2) is 0 Å². The third kappa shape index (κ3) is 8.58. The van der Waals surface area contributed by atoms with E-state index in [4.69, 9.17) is 26.2 Å². The molecule has 5 nitrogen and oxygen atoms in total. The minimum Gasteiger partial charge on any atom is -0.396 e. The highest BCUT2D eigenvalue weighted by atomic mass is 32.5. The van der Waals surface area contributed by atoms with Gasteiger partial charge < -0.3 is 23.8 Å². The Kier molecular flexibility index (Phi) is 9.74. The second kappa shape index (κ2) is 9.48. The van der Waals surface area contributed by atoms with Crippen molar-refractivity contribution in [2.45, 2.75) is 19.3 Å². The second-order valence-electron chi connectivity index (χ2n) is 3.43. The van der Waals surface area contributed by atoms with Gasteiger partial charge in [0.2, 0.25) is 0 Å². The standard InChI is InChI=1S/C9H21O5PS/c1-12-7-4-9(3-6-10)5-8-14-15(11,16)13-2/h9-10H,3-8H2,1-2H3,(H,11,16). The van der Waals surface area contributed by atoms with Crippen molar-refractivity contribution in [3.8, 4) is 0 Å². The van der Waals surface area contributed by atoms with E-state index in [1.54, 1.807) is 7.11 Å². The molecule has 0 fully saturated rings. The molecule has 0 aliphatic heterocycles. The topological polar surface area (TPSA) is 68.2 Å². The molecule has 0 spiro atoms. The Morgan fingerprint density at radius 3 is 2.31 bits per heavy atom. The minimum absolute atomic E-state index is 0.145. The van der Waals surface area contributed by atoms with Crippen LogP contribution in [0.3, 0.4) is 0 Å². The van der Waals surface area contributed by atoms with Gasteiger partial charge in [-0.1, -0.05) is 0 Å². The molecule has 98 valence electrons. The average Bonchev–Trinajstić information content (AvgIpc) is 2.25. The summed E-state index contributed by atoms with van der Waals surface area (Å²) in [5, 5.41) is 8.87. The molecule has 0 radical (unpaired) electrons. The van der Waals surface area contributed by atoms with Gasteiger partial charge in [0.1, 0.15) is 0 Å². The predicted molar refractivity (Wildman–Crippen MR) is 65.8 cm³/mol. The molecule has 0 amide bonds. The minimum atomic E-state index is -3.03. The number of aliphatic hydroxyl groups is 1. The zero-order chi connectivity index (χ0) is 12.4. The highest BCUT2D eigenvalue weighted by Gasteiger charge is 2.14. The molecule has 0 aromatic rings. The van der Waals surface area contributed by atoms with E-state index in [-0.39, 0.29) is 6.61 Å². The lowest BCUT2D eigenvalue weighted by atomic mass is 9.99. The molecule has 16 heavy (non-hydrogen) atoms. The number of ether oxygens (including phenoxy) is 1. The lowest BCUT2D eigenvalue weighted by Gasteiger charge is -2.17. The van der Waals surface area contributed by atoms with E-state index in [1.165, 1.54) is 7.11 Å². The molecule has 2 N–H and O–H groups in total. The van der Waals surface area contributed by atoms with E-state index in [0.717, 1.165) is 12.8 Å². The van der Waals surface area contributed by atoms with Gasteiger partial charge in [0.15, 0.2) is 0 Å². The number of aliphatic hydroxyl groups excluding tert-OH is 1. The first-order chi connectivity index (χ1) is 7.55. The number of hydrogen-bond acceptors (Lipinski definition) is 5. The Balaban J connectivity index is 3.79. The van der Waals surface area contributed by atoms with Gasteiger partial charge in [-0.3, -0.25) is 0 Å². The van der Waals surface area contributed by atoms with E-state index in [0.29, 0.717) is 25.6 Å². The van der Waals surface area contributed by atoms with Gasteiger partial charge in [-0.15, -0.1) is 0 Å². The Labute approximate surface area is 102 Å². The summed E-state index contributed by atoms with van der Waals surface area (Å²) in [5.74, 6) is 0.316. The van der Waals surface area contributed by atoms with Crippen LogP contribution in [-0.4, -0.2) is 44.0 Å². The van der Waals surface area contributed by atoms with Crippen LogP contribution in [0.5, 0.6) is 0 Å². The summed E-state index contributed by atoms with van der Waals surface area (Å²) in [7, 11) is 2.97. The first-order valence-corrected chi connectivity index (χ1v) is 7.77. The van der Waals surface area contributed by atoms with Crippen LogP contribution in [0.2, 0.25) is 0 Å². The Morgan fingerprint density at radius 2 is 1.81 bits per heavy atom. The van der Waals surface area contributed by atoms with Crippen molar-refractivity contribution < 1.29 is 23.8 Å². The van der Waals surface area contributed by atoms with Gasteiger partial charge in [0.05, 0.1) is 6.61 Å². The summed E-state index contributed by atoms with van der Waals surface area (Å²) in [6, 6.07) is 0. The lowest BCUT2D eigenvalue weighted by Crippen LogP contribution is -2.10. The molecule has 2 unspecified atom stereocenters. The van der Waals surface area contributed by atoms with Gasteiger partial charge in [-0.2, -0.15) is 0 Å². The van der Waals surface area contributed by atoms with Gasteiger partial charge in [-0.05, 0) is 37.0 Å². The molecule has 0 aromatic carbocycles. The summed E-state index contributed by atoms with van der Waals surface area (Å²) in [6.07, 6.45) is 2.29. The molecule has 2 atom stereocenters. The zero-order valence-electron chi connectivity index (χ0n) is 9.79. The van der Waals surface area contributed by atoms with E-state index in [1.807, 2.05) is 0 Å². The summed E-state index contributed by atoms with van der Waals surface area (Å²) >= 11 is 4.70. The van der Waals surface area contributed by atoms with Gasteiger partial charge >= 0.3 is 6.72 Å². The van der Waals surface area contributed by atoms with Crippen LogP contribution in [0.1, 0.15) is 19.3 Å². The molecular formula is C9H21O5PS. The Bertz CT molecular complexity index is 214. The van der Waals surface area contributed by atoms with Crippen LogP contribution < -0.4 is 0 Å². The summed E-state index contributed by atoms with van der Waals surface area (Å²) in [5.41, 5.74) is 0. The quantitative estimate of drug-likeness (QED) is 0.584. The Morgan fingerprint density at radius 1 is 1.19 bits per heavy atom. The molecule has 0 saturated heterocycles. The number of hydrogen-bond donors (Lipinski definition) is 2. The summed E-state index contributed by atoms with van der Waals surface area (Å²) < 4.78 is 14.7. The van der Waals surface area contributed by atoms with E-state index in [9.17, 15) is 4.89 Å². The highest BCUT2D eigenvalue weighted by molar-refractivity contribution is 8.07. The SMILES string of the molecule is COCCC(CCO)CCOP(O)(=S)OC. The fourth-order valence-electron chi connectivity index (χ4n) is 1.29. The molecule has 0 heterocycles. The fourth-order valence-corrected chi connectivity index (χ4v) is 1.95. The maximum atomic E-state index is 9.35. The van der Waals surface area contributed by atoms with Crippen LogP contribution in [-0.2, 0) is 25.6 Å². The molecule has 0 rings (SSSR count). The third-order valence-corrected chi connectivity index (χ3v) is 4.01. The predicted octanol–water partition coefficient (Wildman–Crippen LogP) is 1.29. The molecular weight excluding hydrogens is 251 g/mol. The normalized spacial score (nSPS) is 17.0. The van der Waals surface area contributed by atoms with E-state index < -0.39 is 6.72 Å². The van der Waals surface area contributed by atoms with Crippen LogP contribution in [0.4, 0.5) is 0 Å². The van der Waals surface area contributed by atoms with Gasteiger partial charge in [0, 0.05) is 27.4 Å². The third-order valence-electron chi connectivity index (χ3n) is 2.28. The van der Waals surface area contributed by atoms with Gasteiger partial charge in [0.25, 0.3) is 0 Å². The number of rotatable bonds is 10. The van der Waals surface area contributed by atoms with Crippen LogP contribution in [0.15, 0.2) is 0 Å². The first-order valence-electron chi connectivity index (χ1n) is 5.18. The highest BCUT2D eigenvalue weighted by Crippen LogP contribution is 2.42. The van der Waals surface area contributed by atoms with Crippen molar-refractivity contribution >= 4 is 18.5 Å². The molecule has 0 aliphatic rings. The smallest absolute Gasteiger partial charge is 0.324 e. The monoisotopic (exact) mass is 272 g/mol. The van der Waals surface area contributed by atoms with Crippen molar-refractivity contribution in [2.24, 2.45) is 5.92 Å².